The zero-order valence-corrected chi connectivity index (χ0v) is 9.71. The van der Waals surface area contributed by atoms with E-state index in [-0.39, 0.29) is 0 Å². The second-order valence-electron chi connectivity index (χ2n) is 3.62. The lowest BCUT2D eigenvalue weighted by molar-refractivity contribution is 0.397. The van der Waals surface area contributed by atoms with E-state index in [0.29, 0.717) is 0 Å². The van der Waals surface area contributed by atoms with Crippen LogP contribution in [0.25, 0.3) is 0 Å². The minimum Gasteiger partial charge on any atom is -0.316 e. The first-order valence-electron chi connectivity index (χ1n) is 4.97. The van der Waals surface area contributed by atoms with Gasteiger partial charge in [-0.25, -0.2) is 0 Å². The van der Waals surface area contributed by atoms with Crippen LogP contribution in [0, 0.1) is 11.8 Å². The molecule has 2 heteroatoms. The third-order valence-electron chi connectivity index (χ3n) is 2.23. The minimum atomic E-state index is 0.802. The summed E-state index contributed by atoms with van der Waals surface area (Å²) in [6.45, 7) is 11.4. The quantitative estimate of drug-likeness (QED) is 0.618. The van der Waals surface area contributed by atoms with Crippen molar-refractivity contribution in [1.82, 2.24) is 5.32 Å². The van der Waals surface area contributed by atoms with E-state index in [9.17, 15) is 0 Å². The summed E-state index contributed by atoms with van der Waals surface area (Å²) in [6, 6.07) is 0. The first kappa shape index (κ1) is 12.3. The number of hydrogen-bond donors (Lipinski definition) is 1. The molecule has 0 aliphatic carbocycles. The summed E-state index contributed by atoms with van der Waals surface area (Å²) in [7, 11) is 0. The van der Waals surface area contributed by atoms with Gasteiger partial charge in [-0.2, -0.15) is 11.8 Å². The van der Waals surface area contributed by atoms with Gasteiger partial charge in [-0.05, 0) is 24.1 Å². The fourth-order valence-electron chi connectivity index (χ4n) is 0.854. The third-order valence-corrected chi connectivity index (χ3v) is 3.13. The first-order chi connectivity index (χ1) is 5.68. The van der Waals surface area contributed by atoms with Gasteiger partial charge >= 0.3 is 0 Å². The molecule has 0 fully saturated rings. The van der Waals surface area contributed by atoms with E-state index < -0.39 is 0 Å². The predicted molar refractivity (Wildman–Crippen MR) is 59.9 cm³/mol. The van der Waals surface area contributed by atoms with Crippen LogP contribution in [0.1, 0.15) is 27.7 Å². The van der Waals surface area contributed by atoms with E-state index in [1.54, 1.807) is 0 Å². The van der Waals surface area contributed by atoms with Crippen molar-refractivity contribution in [2.75, 3.05) is 24.6 Å². The second-order valence-corrected chi connectivity index (χ2v) is 5.02. The van der Waals surface area contributed by atoms with Crippen LogP contribution in [0.2, 0.25) is 0 Å². The molecule has 0 bridgehead atoms. The Morgan fingerprint density at radius 1 is 1.25 bits per heavy atom. The second kappa shape index (κ2) is 7.93. The van der Waals surface area contributed by atoms with Crippen LogP contribution in [-0.4, -0.2) is 24.6 Å². The molecule has 0 rings (SSSR count). The molecule has 0 aliphatic heterocycles. The lowest BCUT2D eigenvalue weighted by Gasteiger charge is -2.15. The summed E-state index contributed by atoms with van der Waals surface area (Å²) in [5.41, 5.74) is 0. The maximum absolute atomic E-state index is 3.48. The highest BCUT2D eigenvalue weighted by Gasteiger charge is 2.04. The van der Waals surface area contributed by atoms with Gasteiger partial charge < -0.3 is 5.32 Å². The SMILES string of the molecule is CCSCCNCC(C)C(C)C. The summed E-state index contributed by atoms with van der Waals surface area (Å²) in [5, 5.41) is 3.48. The topological polar surface area (TPSA) is 12.0 Å². The van der Waals surface area contributed by atoms with Gasteiger partial charge in [0, 0.05) is 12.3 Å². The van der Waals surface area contributed by atoms with E-state index in [1.807, 2.05) is 11.8 Å². The van der Waals surface area contributed by atoms with Crippen molar-refractivity contribution in [3.05, 3.63) is 0 Å². The lowest BCUT2D eigenvalue weighted by atomic mass is 9.98. The average Bonchev–Trinajstić information content (AvgIpc) is 2.03. The van der Waals surface area contributed by atoms with E-state index in [4.69, 9.17) is 0 Å². The summed E-state index contributed by atoms with van der Waals surface area (Å²) < 4.78 is 0. The predicted octanol–water partition coefficient (Wildman–Crippen LogP) is 2.62. The average molecular weight is 189 g/mol. The molecule has 0 heterocycles. The van der Waals surface area contributed by atoms with Gasteiger partial charge in [0.05, 0.1) is 0 Å². The maximum Gasteiger partial charge on any atom is 0.00580 e. The number of rotatable bonds is 7. The molecule has 0 saturated heterocycles. The van der Waals surface area contributed by atoms with Crippen molar-refractivity contribution < 1.29 is 0 Å². The van der Waals surface area contributed by atoms with Crippen molar-refractivity contribution in [3.8, 4) is 0 Å². The third kappa shape index (κ3) is 6.99. The Morgan fingerprint density at radius 2 is 1.92 bits per heavy atom. The maximum atomic E-state index is 3.48. The Bertz CT molecular complexity index is 93.8. The van der Waals surface area contributed by atoms with Crippen LogP contribution < -0.4 is 5.32 Å². The lowest BCUT2D eigenvalue weighted by Crippen LogP contribution is -2.26. The molecule has 0 aromatic heterocycles. The fraction of sp³-hybridized carbons (Fsp3) is 1.00. The molecule has 1 N–H and O–H groups in total. The smallest absolute Gasteiger partial charge is 0.00580 e. The van der Waals surface area contributed by atoms with Crippen molar-refractivity contribution in [3.63, 3.8) is 0 Å². The number of hydrogen-bond acceptors (Lipinski definition) is 2. The molecule has 0 aliphatic rings. The van der Waals surface area contributed by atoms with Crippen LogP contribution >= 0.6 is 11.8 Å². The van der Waals surface area contributed by atoms with Crippen molar-refractivity contribution in [1.29, 1.82) is 0 Å². The molecule has 0 radical (unpaired) electrons. The van der Waals surface area contributed by atoms with Gasteiger partial charge in [-0.15, -0.1) is 0 Å². The highest BCUT2D eigenvalue weighted by Crippen LogP contribution is 2.07. The Labute approximate surface area is 81.7 Å². The molecule has 0 saturated carbocycles. The van der Waals surface area contributed by atoms with Crippen molar-refractivity contribution in [2.24, 2.45) is 11.8 Å². The molecule has 0 spiro atoms. The highest BCUT2D eigenvalue weighted by molar-refractivity contribution is 7.99. The normalized spacial score (nSPS) is 13.8. The number of thioether (sulfide) groups is 1. The van der Waals surface area contributed by atoms with Crippen molar-refractivity contribution in [2.45, 2.75) is 27.7 Å². The fourth-order valence-corrected chi connectivity index (χ4v) is 1.43. The van der Waals surface area contributed by atoms with Crippen LogP contribution in [0.3, 0.4) is 0 Å². The van der Waals surface area contributed by atoms with Gasteiger partial charge in [0.2, 0.25) is 0 Å². The Kier molecular flexibility index (Phi) is 8.14. The largest absolute Gasteiger partial charge is 0.316 e. The van der Waals surface area contributed by atoms with Gasteiger partial charge in [0.25, 0.3) is 0 Å². The molecule has 0 aromatic carbocycles. The zero-order valence-electron chi connectivity index (χ0n) is 8.89. The standard InChI is InChI=1S/C10H23NS/c1-5-12-7-6-11-8-10(4)9(2)3/h9-11H,5-8H2,1-4H3. The minimum absolute atomic E-state index is 0.802. The van der Waals surface area contributed by atoms with Crippen LogP contribution in [-0.2, 0) is 0 Å². The molecule has 1 nitrogen and oxygen atoms in total. The molecule has 0 amide bonds. The van der Waals surface area contributed by atoms with E-state index >= 15 is 0 Å². The Balaban J connectivity index is 3.08. The van der Waals surface area contributed by atoms with E-state index in [1.165, 1.54) is 18.1 Å². The highest BCUT2D eigenvalue weighted by atomic mass is 32.2. The zero-order chi connectivity index (χ0) is 9.40. The van der Waals surface area contributed by atoms with Crippen LogP contribution in [0.4, 0.5) is 0 Å². The molecule has 0 aromatic rings. The molecule has 12 heavy (non-hydrogen) atoms. The van der Waals surface area contributed by atoms with Crippen LogP contribution in [0.15, 0.2) is 0 Å². The van der Waals surface area contributed by atoms with Gasteiger partial charge in [0.1, 0.15) is 0 Å². The summed E-state index contributed by atoms with van der Waals surface area (Å²) >= 11 is 2.01. The monoisotopic (exact) mass is 189 g/mol. The van der Waals surface area contributed by atoms with Gasteiger partial charge in [-0.1, -0.05) is 27.7 Å². The van der Waals surface area contributed by atoms with Crippen molar-refractivity contribution >= 4 is 11.8 Å². The molecular weight excluding hydrogens is 166 g/mol. The molecular formula is C10H23NS. The summed E-state index contributed by atoms with van der Waals surface area (Å²) in [4.78, 5) is 0. The Hall–Kier alpha value is 0.310. The van der Waals surface area contributed by atoms with Gasteiger partial charge in [-0.3, -0.25) is 0 Å². The Morgan fingerprint density at radius 3 is 2.42 bits per heavy atom. The summed E-state index contributed by atoms with van der Waals surface area (Å²) in [6.07, 6.45) is 0. The first-order valence-corrected chi connectivity index (χ1v) is 6.12. The van der Waals surface area contributed by atoms with Gasteiger partial charge in [0.15, 0.2) is 0 Å². The number of nitrogens with one attached hydrogen (secondary N) is 1. The molecule has 1 atom stereocenters. The van der Waals surface area contributed by atoms with E-state index in [0.717, 1.165) is 18.4 Å². The van der Waals surface area contributed by atoms with Crippen LogP contribution in [0.5, 0.6) is 0 Å². The summed E-state index contributed by atoms with van der Waals surface area (Å²) in [5.74, 6) is 4.09. The molecule has 1 unspecified atom stereocenters. The molecule has 74 valence electrons. The van der Waals surface area contributed by atoms with E-state index in [2.05, 4.69) is 33.0 Å².